The average Bonchev–Trinajstić information content (AvgIpc) is 3.02. The van der Waals surface area contributed by atoms with Crippen molar-refractivity contribution in [3.8, 4) is 11.5 Å². The number of rotatable bonds is 1. The van der Waals surface area contributed by atoms with Gasteiger partial charge in [0.25, 0.3) is 0 Å². The molecular weight excluding hydrogens is 224 g/mol. The largest absolute Gasteiger partial charge is 0.453 e. The highest BCUT2D eigenvalue weighted by atomic mass is 16.4. The fraction of sp³-hybridized carbons (Fsp3) is 0. The van der Waals surface area contributed by atoms with Crippen molar-refractivity contribution in [3.05, 3.63) is 60.7 Å². The first-order valence-electron chi connectivity index (χ1n) is 5.80. The number of hydrogen-bond donors (Lipinski definition) is 0. The molecule has 0 N–H and O–H groups in total. The lowest BCUT2D eigenvalue weighted by Gasteiger charge is -1.87. The maximum Gasteiger partial charge on any atom is 0.178 e. The lowest BCUT2D eigenvalue weighted by molar-refractivity contribution is 0.569. The first kappa shape index (κ1) is 9.54. The summed E-state index contributed by atoms with van der Waals surface area (Å²) in [7, 11) is 0. The highest BCUT2D eigenvalue weighted by Crippen LogP contribution is 2.31. The van der Waals surface area contributed by atoms with Crippen LogP contribution < -0.4 is 0 Å². The van der Waals surface area contributed by atoms with Crippen LogP contribution in [0.15, 0.2) is 63.4 Å². The monoisotopic (exact) mass is 233 g/mol. The molecule has 0 bridgehead atoms. The molecule has 0 atom stereocenters. The molecule has 0 aliphatic heterocycles. The smallest absolute Gasteiger partial charge is 0.178 e. The van der Waals surface area contributed by atoms with Gasteiger partial charge in [-0.05, 0) is 18.2 Å². The van der Waals surface area contributed by atoms with Gasteiger partial charge in [-0.2, -0.15) is 0 Å². The maximum absolute atomic E-state index is 5.76. The molecule has 4 rings (SSSR count). The zero-order valence-electron chi connectivity index (χ0n) is 9.51. The number of para-hydroxylation sites is 2. The first-order valence-corrected chi connectivity index (χ1v) is 5.80. The van der Waals surface area contributed by atoms with E-state index in [2.05, 4.69) is 6.07 Å². The SMILES string of the molecule is [c]1c(-c2cc3ccccc3o2)oc2ccccc12. The zero-order chi connectivity index (χ0) is 11.9. The summed E-state index contributed by atoms with van der Waals surface area (Å²) in [4.78, 5) is 0. The molecule has 2 aromatic heterocycles. The molecule has 85 valence electrons. The molecule has 0 aliphatic rings. The second kappa shape index (κ2) is 3.50. The third-order valence-electron chi connectivity index (χ3n) is 3.00. The number of furan rings is 2. The van der Waals surface area contributed by atoms with Crippen molar-refractivity contribution < 1.29 is 8.83 Å². The third-order valence-corrected chi connectivity index (χ3v) is 3.00. The van der Waals surface area contributed by atoms with Crippen LogP contribution in [0.25, 0.3) is 33.5 Å². The predicted octanol–water partition coefficient (Wildman–Crippen LogP) is 4.65. The zero-order valence-corrected chi connectivity index (χ0v) is 9.51. The van der Waals surface area contributed by atoms with E-state index in [9.17, 15) is 0 Å². The Hall–Kier alpha value is -2.48. The number of fused-ring (bicyclic) bond motifs is 2. The van der Waals surface area contributed by atoms with Crippen molar-refractivity contribution in [2.45, 2.75) is 0 Å². The minimum Gasteiger partial charge on any atom is -0.453 e. The molecule has 2 aromatic carbocycles. The van der Waals surface area contributed by atoms with E-state index in [1.165, 1.54) is 0 Å². The summed E-state index contributed by atoms with van der Waals surface area (Å²) in [6, 6.07) is 20.9. The Morgan fingerprint density at radius 2 is 1.56 bits per heavy atom. The summed E-state index contributed by atoms with van der Waals surface area (Å²) >= 11 is 0. The molecule has 0 saturated heterocycles. The predicted molar refractivity (Wildman–Crippen MR) is 70.3 cm³/mol. The van der Waals surface area contributed by atoms with Crippen molar-refractivity contribution in [2.75, 3.05) is 0 Å². The van der Waals surface area contributed by atoms with E-state index >= 15 is 0 Å². The molecular formula is C16H9O2. The van der Waals surface area contributed by atoms with Crippen LogP contribution in [-0.2, 0) is 0 Å². The molecule has 2 heterocycles. The second-order valence-electron chi connectivity index (χ2n) is 4.20. The van der Waals surface area contributed by atoms with E-state index in [4.69, 9.17) is 8.83 Å². The van der Waals surface area contributed by atoms with E-state index < -0.39 is 0 Å². The van der Waals surface area contributed by atoms with Crippen molar-refractivity contribution in [2.24, 2.45) is 0 Å². The van der Waals surface area contributed by atoms with Gasteiger partial charge in [-0.25, -0.2) is 0 Å². The minimum atomic E-state index is 0.646. The minimum absolute atomic E-state index is 0.646. The molecule has 0 amide bonds. The Morgan fingerprint density at radius 3 is 2.39 bits per heavy atom. The van der Waals surface area contributed by atoms with Crippen molar-refractivity contribution >= 4 is 21.9 Å². The Labute approximate surface area is 103 Å². The highest BCUT2D eigenvalue weighted by Gasteiger charge is 2.11. The summed E-state index contributed by atoms with van der Waals surface area (Å²) in [5, 5.41) is 2.04. The molecule has 0 unspecified atom stereocenters. The highest BCUT2D eigenvalue weighted by molar-refractivity contribution is 5.85. The lowest BCUT2D eigenvalue weighted by Crippen LogP contribution is -1.63. The van der Waals surface area contributed by atoms with Gasteiger partial charge in [-0.15, -0.1) is 0 Å². The molecule has 2 nitrogen and oxygen atoms in total. The van der Waals surface area contributed by atoms with E-state index in [1.54, 1.807) is 0 Å². The van der Waals surface area contributed by atoms with Gasteiger partial charge >= 0.3 is 0 Å². The third kappa shape index (κ3) is 1.36. The molecule has 0 spiro atoms. The van der Waals surface area contributed by atoms with Crippen LogP contribution in [-0.4, -0.2) is 0 Å². The van der Waals surface area contributed by atoms with Crippen LogP contribution in [0.3, 0.4) is 0 Å². The van der Waals surface area contributed by atoms with Gasteiger partial charge in [0.1, 0.15) is 11.2 Å². The van der Waals surface area contributed by atoms with Gasteiger partial charge in [0.15, 0.2) is 11.5 Å². The Kier molecular flexibility index (Phi) is 1.86. The van der Waals surface area contributed by atoms with Gasteiger partial charge in [0.2, 0.25) is 0 Å². The fourth-order valence-corrected chi connectivity index (χ4v) is 2.12. The molecule has 2 heteroatoms. The molecule has 4 aromatic rings. The van der Waals surface area contributed by atoms with E-state index in [1.807, 2.05) is 54.6 Å². The van der Waals surface area contributed by atoms with Crippen LogP contribution >= 0.6 is 0 Å². The van der Waals surface area contributed by atoms with Crippen LogP contribution in [0.4, 0.5) is 0 Å². The summed E-state index contributed by atoms with van der Waals surface area (Å²) < 4.78 is 11.5. The summed E-state index contributed by atoms with van der Waals surface area (Å²) in [6.45, 7) is 0. The average molecular weight is 233 g/mol. The molecule has 1 radical (unpaired) electrons. The Balaban J connectivity index is 1.95. The molecule has 18 heavy (non-hydrogen) atoms. The van der Waals surface area contributed by atoms with Crippen LogP contribution in [0.1, 0.15) is 0 Å². The molecule has 0 saturated carbocycles. The van der Waals surface area contributed by atoms with Gasteiger partial charge in [-0.3, -0.25) is 0 Å². The Bertz CT molecular complexity index is 698. The van der Waals surface area contributed by atoms with Crippen molar-refractivity contribution in [1.82, 2.24) is 0 Å². The van der Waals surface area contributed by atoms with E-state index in [0.717, 1.165) is 21.9 Å². The molecule has 0 aliphatic carbocycles. The topological polar surface area (TPSA) is 26.3 Å². The van der Waals surface area contributed by atoms with Crippen LogP contribution in [0, 0.1) is 6.07 Å². The first-order chi connectivity index (χ1) is 8.90. The number of benzene rings is 2. The Morgan fingerprint density at radius 1 is 0.778 bits per heavy atom. The maximum atomic E-state index is 5.76. The van der Waals surface area contributed by atoms with Crippen LogP contribution in [0.5, 0.6) is 0 Å². The quantitative estimate of drug-likeness (QED) is 0.478. The van der Waals surface area contributed by atoms with E-state index in [0.29, 0.717) is 11.5 Å². The van der Waals surface area contributed by atoms with Crippen molar-refractivity contribution in [3.63, 3.8) is 0 Å². The lowest BCUT2D eigenvalue weighted by atomic mass is 10.2. The van der Waals surface area contributed by atoms with E-state index in [-0.39, 0.29) is 0 Å². The standard InChI is InChI=1S/C16H9O2/c1-3-7-13-11(5-1)9-15(17-13)16-10-12-6-2-4-8-14(12)18-16/h1-9H. The fourth-order valence-electron chi connectivity index (χ4n) is 2.12. The molecule has 0 fully saturated rings. The van der Waals surface area contributed by atoms with Gasteiger partial charge < -0.3 is 8.83 Å². The summed E-state index contributed by atoms with van der Waals surface area (Å²) in [5.41, 5.74) is 1.69. The normalized spacial score (nSPS) is 11.3. The van der Waals surface area contributed by atoms with Crippen LogP contribution in [0.2, 0.25) is 0 Å². The second-order valence-corrected chi connectivity index (χ2v) is 4.20. The van der Waals surface area contributed by atoms with Gasteiger partial charge in [0, 0.05) is 16.8 Å². The summed E-state index contributed by atoms with van der Waals surface area (Å²) in [6.07, 6.45) is 0. The van der Waals surface area contributed by atoms with Crippen molar-refractivity contribution in [1.29, 1.82) is 0 Å². The van der Waals surface area contributed by atoms with Gasteiger partial charge in [-0.1, -0.05) is 36.4 Å². The number of hydrogen-bond acceptors (Lipinski definition) is 2. The summed E-state index contributed by atoms with van der Waals surface area (Å²) in [5.74, 6) is 1.36. The van der Waals surface area contributed by atoms with Gasteiger partial charge in [0.05, 0.1) is 0 Å².